The fourth-order valence-corrected chi connectivity index (χ4v) is 2.73. The fourth-order valence-electron chi connectivity index (χ4n) is 2.28. The Hall–Kier alpha value is -2.51. The molecule has 0 amide bonds. The molecule has 2 aromatic rings. The second kappa shape index (κ2) is 9.99. The molecule has 0 heterocycles. The summed E-state index contributed by atoms with van der Waals surface area (Å²) in [6, 6.07) is 7.43. The van der Waals surface area contributed by atoms with Gasteiger partial charge in [0.05, 0.1) is 22.2 Å². The first-order valence-electron chi connectivity index (χ1n) is 8.25. The number of aliphatic imine (C=N–C) groups is 1. The normalized spacial score (nSPS) is 10.9. The summed E-state index contributed by atoms with van der Waals surface area (Å²) in [6.07, 6.45) is 2.24. The molecule has 9 heteroatoms. The molecule has 0 aliphatic heterocycles. The van der Waals surface area contributed by atoms with Crippen molar-refractivity contribution in [1.29, 1.82) is 0 Å². The molecule has 2 rings (SSSR count). The summed E-state index contributed by atoms with van der Waals surface area (Å²) < 4.78 is 5.33. The average Bonchev–Trinajstić information content (AvgIpc) is 2.62. The highest BCUT2D eigenvalue weighted by Crippen LogP contribution is 2.32. The molecule has 0 aliphatic rings. The number of nitrogens with zero attached hydrogens (tertiary/aromatic N) is 2. The molecular formula is C18H19Cl2N3O4. The van der Waals surface area contributed by atoms with Crippen LogP contribution in [0.1, 0.15) is 18.9 Å². The molecule has 0 unspecified atom stereocenters. The third-order valence-electron chi connectivity index (χ3n) is 3.54. The van der Waals surface area contributed by atoms with E-state index in [0.717, 1.165) is 0 Å². The van der Waals surface area contributed by atoms with Crippen LogP contribution in [0.4, 0.5) is 11.4 Å². The molecule has 0 bridgehead atoms. The van der Waals surface area contributed by atoms with Crippen LogP contribution < -0.4 is 10.1 Å². The summed E-state index contributed by atoms with van der Waals surface area (Å²) >= 11 is 12.0. The third-order valence-corrected chi connectivity index (χ3v) is 4.07. The quantitative estimate of drug-likeness (QED) is 0.264. The van der Waals surface area contributed by atoms with Gasteiger partial charge in [0.2, 0.25) is 0 Å². The number of phenolic OH excluding ortho intramolecular Hbond substituents is 1. The first kappa shape index (κ1) is 20.8. The van der Waals surface area contributed by atoms with Crippen molar-refractivity contribution in [2.45, 2.75) is 13.3 Å². The van der Waals surface area contributed by atoms with Crippen molar-refractivity contribution in [1.82, 2.24) is 0 Å². The van der Waals surface area contributed by atoms with E-state index in [4.69, 9.17) is 27.9 Å². The van der Waals surface area contributed by atoms with Crippen LogP contribution >= 0.6 is 23.2 Å². The van der Waals surface area contributed by atoms with Gasteiger partial charge in [0.15, 0.2) is 11.5 Å². The summed E-state index contributed by atoms with van der Waals surface area (Å²) in [6.45, 7) is 3.33. The van der Waals surface area contributed by atoms with Crippen molar-refractivity contribution in [3.63, 3.8) is 0 Å². The second-order valence-corrected chi connectivity index (χ2v) is 6.36. The zero-order valence-electron chi connectivity index (χ0n) is 14.6. The largest absolute Gasteiger partial charge is 0.504 e. The minimum atomic E-state index is -0.493. The SMILES string of the molecule is CCOc1cc(Cl)cc(C=NCCCNc2ccc([N+](=O)[O-])cc2Cl)c1O. The number of anilines is 1. The predicted octanol–water partition coefficient (Wildman–Crippen LogP) is 4.93. The maximum atomic E-state index is 10.7. The molecule has 0 fully saturated rings. The molecule has 0 radical (unpaired) electrons. The number of non-ortho nitro benzene ring substituents is 1. The third kappa shape index (κ3) is 6.01. The number of nitro benzene ring substituents is 1. The summed E-state index contributed by atoms with van der Waals surface area (Å²) in [5, 5.41) is 24.7. The van der Waals surface area contributed by atoms with Crippen molar-refractivity contribution < 1.29 is 14.8 Å². The lowest BCUT2D eigenvalue weighted by Crippen LogP contribution is -2.04. The summed E-state index contributed by atoms with van der Waals surface area (Å²) in [4.78, 5) is 14.5. The van der Waals surface area contributed by atoms with E-state index in [1.807, 2.05) is 6.92 Å². The van der Waals surface area contributed by atoms with Crippen molar-refractivity contribution in [3.8, 4) is 11.5 Å². The van der Waals surface area contributed by atoms with Crippen LogP contribution in [0.25, 0.3) is 0 Å². The molecule has 0 atom stereocenters. The van der Waals surface area contributed by atoms with Crippen molar-refractivity contribution in [2.75, 3.05) is 25.0 Å². The number of phenols is 1. The average molecular weight is 412 g/mol. The van der Waals surface area contributed by atoms with Crippen LogP contribution in [0.15, 0.2) is 35.3 Å². The van der Waals surface area contributed by atoms with E-state index in [0.29, 0.717) is 53.2 Å². The zero-order chi connectivity index (χ0) is 19.8. The Bertz CT molecular complexity index is 844. The zero-order valence-corrected chi connectivity index (χ0v) is 16.1. The monoisotopic (exact) mass is 411 g/mol. The van der Waals surface area contributed by atoms with Gasteiger partial charge in [-0.2, -0.15) is 0 Å². The van der Waals surface area contributed by atoms with Gasteiger partial charge in [0.25, 0.3) is 5.69 Å². The lowest BCUT2D eigenvalue weighted by atomic mass is 10.2. The highest BCUT2D eigenvalue weighted by molar-refractivity contribution is 6.33. The van der Waals surface area contributed by atoms with Gasteiger partial charge in [-0.05, 0) is 25.5 Å². The molecule has 27 heavy (non-hydrogen) atoms. The number of nitrogens with one attached hydrogen (secondary N) is 1. The Morgan fingerprint density at radius 2 is 2.11 bits per heavy atom. The number of hydrogen-bond acceptors (Lipinski definition) is 6. The van der Waals surface area contributed by atoms with Gasteiger partial charge in [-0.25, -0.2) is 0 Å². The number of ether oxygens (including phenoxy) is 1. The van der Waals surface area contributed by atoms with Crippen LogP contribution in [-0.4, -0.2) is 35.9 Å². The van der Waals surface area contributed by atoms with E-state index in [-0.39, 0.29) is 11.4 Å². The smallest absolute Gasteiger partial charge is 0.271 e. The number of rotatable bonds is 9. The topological polar surface area (TPSA) is 97.0 Å². The van der Waals surface area contributed by atoms with E-state index in [9.17, 15) is 15.2 Å². The molecule has 0 saturated heterocycles. The molecule has 7 nitrogen and oxygen atoms in total. The molecular weight excluding hydrogens is 393 g/mol. The Morgan fingerprint density at radius 1 is 1.33 bits per heavy atom. The van der Waals surface area contributed by atoms with Gasteiger partial charge in [0, 0.05) is 48.1 Å². The second-order valence-electron chi connectivity index (χ2n) is 5.51. The van der Waals surface area contributed by atoms with Crippen LogP contribution in [0.3, 0.4) is 0 Å². The molecule has 0 spiro atoms. The number of benzene rings is 2. The number of halogens is 2. The minimum absolute atomic E-state index is 0.000728. The van der Waals surface area contributed by atoms with Gasteiger partial charge in [0.1, 0.15) is 0 Å². The number of nitro groups is 1. The van der Waals surface area contributed by atoms with Crippen LogP contribution in [-0.2, 0) is 0 Å². The van der Waals surface area contributed by atoms with E-state index < -0.39 is 4.92 Å². The van der Waals surface area contributed by atoms with Crippen LogP contribution in [0.2, 0.25) is 10.0 Å². The first-order valence-corrected chi connectivity index (χ1v) is 9.01. The maximum absolute atomic E-state index is 10.7. The van der Waals surface area contributed by atoms with E-state index in [1.54, 1.807) is 24.4 Å². The van der Waals surface area contributed by atoms with Gasteiger partial charge in [-0.15, -0.1) is 0 Å². The molecule has 0 aliphatic carbocycles. The van der Waals surface area contributed by atoms with Crippen LogP contribution in [0, 0.1) is 10.1 Å². The number of hydrogen-bond donors (Lipinski definition) is 2. The van der Waals surface area contributed by atoms with E-state index >= 15 is 0 Å². The molecule has 2 aromatic carbocycles. The van der Waals surface area contributed by atoms with Gasteiger partial charge in [-0.3, -0.25) is 15.1 Å². The molecule has 0 saturated carbocycles. The van der Waals surface area contributed by atoms with Gasteiger partial charge in [-0.1, -0.05) is 23.2 Å². The first-order chi connectivity index (χ1) is 12.9. The highest BCUT2D eigenvalue weighted by Gasteiger charge is 2.10. The predicted molar refractivity (Wildman–Crippen MR) is 108 cm³/mol. The maximum Gasteiger partial charge on any atom is 0.271 e. The van der Waals surface area contributed by atoms with Crippen molar-refractivity contribution >= 4 is 40.8 Å². The van der Waals surface area contributed by atoms with Gasteiger partial charge < -0.3 is 15.2 Å². The molecule has 144 valence electrons. The number of aromatic hydroxyl groups is 1. The Balaban J connectivity index is 1.86. The standard InChI is InChI=1S/C18H19Cl2N3O4/c1-2-27-17-9-13(19)8-12(18(17)24)11-21-6-3-7-22-16-5-4-14(23(25)26)10-15(16)20/h4-5,8-11,22,24H,2-3,6-7H2,1H3. The highest BCUT2D eigenvalue weighted by atomic mass is 35.5. The summed E-state index contributed by atoms with van der Waals surface area (Å²) in [7, 11) is 0. The van der Waals surface area contributed by atoms with E-state index in [2.05, 4.69) is 10.3 Å². The lowest BCUT2D eigenvalue weighted by molar-refractivity contribution is -0.384. The van der Waals surface area contributed by atoms with Gasteiger partial charge >= 0.3 is 0 Å². The van der Waals surface area contributed by atoms with E-state index in [1.165, 1.54) is 12.1 Å². The summed E-state index contributed by atoms with van der Waals surface area (Å²) in [5.74, 6) is 0.321. The Morgan fingerprint density at radius 3 is 2.78 bits per heavy atom. The Labute approximate surface area is 166 Å². The summed E-state index contributed by atoms with van der Waals surface area (Å²) in [5.41, 5.74) is 1.06. The Kier molecular flexibility index (Phi) is 7.69. The minimum Gasteiger partial charge on any atom is -0.504 e. The van der Waals surface area contributed by atoms with Crippen LogP contribution in [0.5, 0.6) is 11.5 Å². The molecule has 0 aromatic heterocycles. The lowest BCUT2D eigenvalue weighted by Gasteiger charge is -2.09. The fraction of sp³-hybridized carbons (Fsp3) is 0.278. The van der Waals surface area contributed by atoms with Crippen molar-refractivity contribution in [3.05, 3.63) is 56.1 Å². The molecule has 2 N–H and O–H groups in total. The van der Waals surface area contributed by atoms with Crippen molar-refractivity contribution in [2.24, 2.45) is 4.99 Å².